The van der Waals surface area contributed by atoms with E-state index in [1.165, 1.54) is 6.07 Å². The van der Waals surface area contributed by atoms with E-state index in [1.807, 2.05) is 0 Å². The number of benzene rings is 1. The molecule has 0 spiro atoms. The molecule has 0 heterocycles. The zero-order valence-electron chi connectivity index (χ0n) is 9.93. The fourth-order valence-corrected chi connectivity index (χ4v) is 2.94. The standard InChI is InChI=1S/C13H16Cl2FNO/c14-10-4-3-9(7-11(10)15)13(18)6-2-1-5-12(13,16)8-17/h3-4,7,18H,1-2,5-6,8,17H2/t12?,13-/m1/s1. The van der Waals surface area contributed by atoms with Gasteiger partial charge in [-0.1, -0.05) is 29.3 Å². The van der Waals surface area contributed by atoms with Gasteiger partial charge in [-0.15, -0.1) is 0 Å². The van der Waals surface area contributed by atoms with E-state index in [1.54, 1.807) is 12.1 Å². The average Bonchev–Trinajstić information content (AvgIpc) is 2.36. The lowest BCUT2D eigenvalue weighted by Crippen LogP contribution is -2.55. The summed E-state index contributed by atoms with van der Waals surface area (Å²) in [4.78, 5) is 0. The molecule has 2 atom stereocenters. The van der Waals surface area contributed by atoms with Crippen molar-refractivity contribution >= 4 is 23.2 Å². The van der Waals surface area contributed by atoms with Gasteiger partial charge in [0.05, 0.1) is 10.0 Å². The number of alkyl halides is 1. The lowest BCUT2D eigenvalue weighted by molar-refractivity contribution is -0.132. The lowest BCUT2D eigenvalue weighted by atomic mass is 9.69. The van der Waals surface area contributed by atoms with Gasteiger partial charge in [0.15, 0.2) is 5.67 Å². The number of rotatable bonds is 2. The van der Waals surface area contributed by atoms with Crippen molar-refractivity contribution in [1.82, 2.24) is 0 Å². The van der Waals surface area contributed by atoms with Crippen LogP contribution in [0.5, 0.6) is 0 Å². The molecule has 1 saturated carbocycles. The highest BCUT2D eigenvalue weighted by Gasteiger charge is 2.52. The molecule has 1 aromatic rings. The fraction of sp³-hybridized carbons (Fsp3) is 0.538. The Kier molecular flexibility index (Phi) is 3.88. The first-order valence-electron chi connectivity index (χ1n) is 6.00. The van der Waals surface area contributed by atoms with E-state index in [0.717, 1.165) is 12.8 Å². The first-order chi connectivity index (χ1) is 8.43. The van der Waals surface area contributed by atoms with Crippen LogP contribution in [-0.4, -0.2) is 17.3 Å². The summed E-state index contributed by atoms with van der Waals surface area (Å²) in [5.41, 5.74) is 2.59. The van der Waals surface area contributed by atoms with E-state index in [4.69, 9.17) is 28.9 Å². The monoisotopic (exact) mass is 291 g/mol. The second-order valence-corrected chi connectivity index (χ2v) is 5.68. The molecule has 1 unspecified atom stereocenters. The molecule has 0 aliphatic heterocycles. The number of aliphatic hydroxyl groups is 1. The van der Waals surface area contributed by atoms with E-state index >= 15 is 0 Å². The molecule has 18 heavy (non-hydrogen) atoms. The second kappa shape index (κ2) is 4.97. The van der Waals surface area contributed by atoms with Gasteiger partial charge in [0, 0.05) is 6.54 Å². The molecule has 1 fully saturated rings. The largest absolute Gasteiger partial charge is 0.382 e. The minimum Gasteiger partial charge on any atom is -0.382 e. The number of nitrogens with two attached hydrogens (primary N) is 1. The molecule has 1 aromatic carbocycles. The van der Waals surface area contributed by atoms with Crippen LogP contribution in [0.1, 0.15) is 31.2 Å². The van der Waals surface area contributed by atoms with Crippen LogP contribution in [0, 0.1) is 0 Å². The molecule has 100 valence electrons. The Balaban J connectivity index is 2.47. The van der Waals surface area contributed by atoms with Gasteiger partial charge in [-0.2, -0.15) is 0 Å². The molecule has 1 aliphatic rings. The van der Waals surface area contributed by atoms with Gasteiger partial charge >= 0.3 is 0 Å². The van der Waals surface area contributed by atoms with Crippen molar-refractivity contribution in [2.45, 2.75) is 37.0 Å². The zero-order chi connectivity index (χ0) is 13.4. The van der Waals surface area contributed by atoms with E-state index in [-0.39, 0.29) is 13.0 Å². The summed E-state index contributed by atoms with van der Waals surface area (Å²) in [7, 11) is 0. The van der Waals surface area contributed by atoms with Crippen molar-refractivity contribution < 1.29 is 9.50 Å². The zero-order valence-corrected chi connectivity index (χ0v) is 11.4. The first-order valence-corrected chi connectivity index (χ1v) is 6.75. The average molecular weight is 292 g/mol. The predicted molar refractivity (Wildman–Crippen MR) is 71.7 cm³/mol. The molecular weight excluding hydrogens is 276 g/mol. The summed E-state index contributed by atoms with van der Waals surface area (Å²) in [6.07, 6.45) is 2.11. The predicted octanol–water partition coefficient (Wildman–Crippen LogP) is 3.42. The Bertz CT molecular complexity index is 457. The van der Waals surface area contributed by atoms with Crippen LogP contribution in [0.3, 0.4) is 0 Å². The van der Waals surface area contributed by atoms with Crippen molar-refractivity contribution in [2.75, 3.05) is 6.54 Å². The quantitative estimate of drug-likeness (QED) is 0.877. The van der Waals surface area contributed by atoms with Gasteiger partial charge in [0.2, 0.25) is 0 Å². The van der Waals surface area contributed by atoms with Gasteiger partial charge in [0.1, 0.15) is 5.60 Å². The minimum atomic E-state index is -1.80. The number of hydrogen-bond donors (Lipinski definition) is 2. The number of halogens is 3. The third kappa shape index (κ3) is 2.14. The van der Waals surface area contributed by atoms with Crippen LogP contribution >= 0.6 is 23.2 Å². The highest BCUT2D eigenvalue weighted by Crippen LogP contribution is 2.47. The summed E-state index contributed by atoms with van der Waals surface area (Å²) in [5, 5.41) is 11.4. The molecule has 3 N–H and O–H groups in total. The molecule has 0 amide bonds. The molecule has 0 saturated heterocycles. The molecule has 0 bridgehead atoms. The Hall–Kier alpha value is -0.350. The summed E-state index contributed by atoms with van der Waals surface area (Å²) < 4.78 is 14.8. The Morgan fingerprint density at radius 1 is 1.22 bits per heavy atom. The molecule has 5 heteroatoms. The first kappa shape index (κ1) is 14.1. The van der Waals surface area contributed by atoms with Crippen LogP contribution in [0.15, 0.2) is 18.2 Å². The Labute approximate surface area is 116 Å². The van der Waals surface area contributed by atoms with E-state index in [9.17, 15) is 9.50 Å². The molecule has 0 aromatic heterocycles. The van der Waals surface area contributed by atoms with Crippen LogP contribution in [0.2, 0.25) is 10.0 Å². The van der Waals surface area contributed by atoms with Crippen molar-refractivity contribution in [3.63, 3.8) is 0 Å². The Morgan fingerprint density at radius 3 is 2.50 bits per heavy atom. The molecule has 2 nitrogen and oxygen atoms in total. The van der Waals surface area contributed by atoms with Gasteiger partial charge in [-0.25, -0.2) is 4.39 Å². The minimum absolute atomic E-state index is 0.205. The van der Waals surface area contributed by atoms with Gasteiger partial charge in [-0.3, -0.25) is 0 Å². The number of hydrogen-bond acceptors (Lipinski definition) is 2. The maximum atomic E-state index is 14.8. The van der Waals surface area contributed by atoms with Gasteiger partial charge < -0.3 is 10.8 Å². The Morgan fingerprint density at radius 2 is 1.89 bits per heavy atom. The smallest absolute Gasteiger partial charge is 0.155 e. The second-order valence-electron chi connectivity index (χ2n) is 4.87. The van der Waals surface area contributed by atoms with Crippen LogP contribution < -0.4 is 5.73 Å². The van der Waals surface area contributed by atoms with E-state index < -0.39 is 11.3 Å². The molecular formula is C13H16Cl2FNO. The van der Waals surface area contributed by atoms with Gasteiger partial charge in [-0.05, 0) is 43.4 Å². The highest BCUT2D eigenvalue weighted by molar-refractivity contribution is 6.42. The molecule has 1 aliphatic carbocycles. The van der Waals surface area contributed by atoms with Crippen molar-refractivity contribution in [1.29, 1.82) is 0 Å². The summed E-state index contributed by atoms with van der Waals surface area (Å²) in [6, 6.07) is 4.71. The maximum absolute atomic E-state index is 14.8. The van der Waals surface area contributed by atoms with E-state index in [2.05, 4.69) is 0 Å². The molecule has 2 rings (SSSR count). The van der Waals surface area contributed by atoms with Crippen molar-refractivity contribution in [2.24, 2.45) is 5.73 Å². The van der Waals surface area contributed by atoms with Gasteiger partial charge in [0.25, 0.3) is 0 Å². The third-order valence-electron chi connectivity index (χ3n) is 3.82. The third-order valence-corrected chi connectivity index (χ3v) is 4.56. The van der Waals surface area contributed by atoms with Crippen LogP contribution in [0.25, 0.3) is 0 Å². The molecule has 0 radical (unpaired) electrons. The van der Waals surface area contributed by atoms with Crippen LogP contribution in [0.4, 0.5) is 4.39 Å². The normalized spacial score (nSPS) is 32.5. The summed E-state index contributed by atoms with van der Waals surface area (Å²) >= 11 is 11.8. The topological polar surface area (TPSA) is 46.2 Å². The van der Waals surface area contributed by atoms with Crippen LogP contribution in [-0.2, 0) is 5.60 Å². The lowest BCUT2D eigenvalue weighted by Gasteiger charge is -2.45. The summed E-state index contributed by atoms with van der Waals surface area (Å²) in [6.45, 7) is -0.205. The summed E-state index contributed by atoms with van der Waals surface area (Å²) in [5.74, 6) is 0. The maximum Gasteiger partial charge on any atom is 0.155 e. The van der Waals surface area contributed by atoms with E-state index in [0.29, 0.717) is 22.0 Å². The van der Waals surface area contributed by atoms with Crippen molar-refractivity contribution in [3.05, 3.63) is 33.8 Å². The SMILES string of the molecule is NCC1(F)CCCC[C@@]1(O)c1ccc(Cl)c(Cl)c1. The van der Waals surface area contributed by atoms with Crippen molar-refractivity contribution in [3.8, 4) is 0 Å². The highest BCUT2D eigenvalue weighted by atomic mass is 35.5. The fourth-order valence-electron chi connectivity index (χ4n) is 2.64.